The third-order valence-corrected chi connectivity index (χ3v) is 5.83. The van der Waals surface area contributed by atoms with Crippen LogP contribution in [0.15, 0.2) is 48.7 Å². The average molecular weight is 522 g/mol. The highest BCUT2D eigenvalue weighted by Gasteiger charge is 2.19. The molecule has 2 aromatic carbocycles. The summed E-state index contributed by atoms with van der Waals surface area (Å²) in [6.45, 7) is 3.74. The highest BCUT2D eigenvalue weighted by atomic mass is 19.1. The molecule has 0 atom stereocenters. The molecule has 2 aromatic heterocycles. The number of hydrogen-bond acceptors (Lipinski definition) is 7. The molecule has 0 bridgehead atoms. The summed E-state index contributed by atoms with van der Waals surface area (Å²) in [7, 11) is 0. The van der Waals surface area contributed by atoms with Gasteiger partial charge in [0.15, 0.2) is 23.0 Å². The Kier molecular flexibility index (Phi) is 7.87. The molecule has 1 aliphatic heterocycles. The molecule has 0 saturated carbocycles. The van der Waals surface area contributed by atoms with Crippen molar-refractivity contribution in [2.45, 2.75) is 33.4 Å². The van der Waals surface area contributed by atoms with Crippen LogP contribution in [0.2, 0.25) is 0 Å². The topological polar surface area (TPSA) is 129 Å². The molecule has 196 valence electrons. The maximum absolute atomic E-state index is 13.8. The van der Waals surface area contributed by atoms with Gasteiger partial charge in [-0.3, -0.25) is 14.4 Å². The van der Waals surface area contributed by atoms with E-state index in [4.69, 9.17) is 10.5 Å². The number of aryl methyl sites for hydroxylation is 1. The number of amides is 1. The van der Waals surface area contributed by atoms with Crippen molar-refractivity contribution >= 4 is 23.1 Å². The number of carbonyl (C=O) groups is 3. The van der Waals surface area contributed by atoms with Crippen LogP contribution >= 0.6 is 0 Å². The minimum absolute atomic E-state index is 0.00853. The third-order valence-electron chi connectivity index (χ3n) is 5.83. The fourth-order valence-corrected chi connectivity index (χ4v) is 3.85. The lowest BCUT2D eigenvalue weighted by atomic mass is 10.0. The first-order valence-electron chi connectivity index (χ1n) is 11.7. The Morgan fingerprint density at radius 1 is 1.11 bits per heavy atom. The number of aromatic nitrogens is 3. The van der Waals surface area contributed by atoms with Crippen LogP contribution in [0.4, 0.5) is 8.78 Å². The number of nitrogens with zero attached hydrogens (tertiary/aromatic N) is 3. The van der Waals surface area contributed by atoms with Crippen LogP contribution in [-0.2, 0) is 24.3 Å². The predicted molar refractivity (Wildman–Crippen MR) is 134 cm³/mol. The van der Waals surface area contributed by atoms with E-state index in [2.05, 4.69) is 15.4 Å². The molecule has 1 amide bonds. The fourth-order valence-electron chi connectivity index (χ4n) is 3.85. The van der Waals surface area contributed by atoms with Crippen LogP contribution in [0.5, 0.6) is 5.75 Å². The van der Waals surface area contributed by atoms with Gasteiger partial charge in [0.05, 0.1) is 6.20 Å². The highest BCUT2D eigenvalue weighted by molar-refractivity contribution is 5.98. The van der Waals surface area contributed by atoms with Crippen LogP contribution < -0.4 is 15.8 Å². The zero-order valence-corrected chi connectivity index (χ0v) is 20.8. The first kappa shape index (κ1) is 26.6. The van der Waals surface area contributed by atoms with Crippen molar-refractivity contribution in [2.24, 2.45) is 5.73 Å². The Morgan fingerprint density at radius 2 is 1.87 bits per heavy atom. The van der Waals surface area contributed by atoms with Gasteiger partial charge in [-0.1, -0.05) is 18.2 Å². The summed E-state index contributed by atoms with van der Waals surface area (Å²) in [5.41, 5.74) is 8.29. The molecule has 5 rings (SSSR count). The van der Waals surface area contributed by atoms with Gasteiger partial charge in [-0.2, -0.15) is 5.10 Å². The molecule has 11 heteroatoms. The Hall–Kier alpha value is -4.51. The van der Waals surface area contributed by atoms with Crippen molar-refractivity contribution in [3.8, 4) is 5.75 Å². The average Bonchev–Trinajstić information content (AvgIpc) is 3.28. The van der Waals surface area contributed by atoms with Gasteiger partial charge in [-0.15, -0.1) is 0 Å². The lowest BCUT2D eigenvalue weighted by Gasteiger charge is -2.17. The van der Waals surface area contributed by atoms with Crippen molar-refractivity contribution in [3.63, 3.8) is 0 Å². The van der Waals surface area contributed by atoms with E-state index in [9.17, 15) is 23.2 Å². The van der Waals surface area contributed by atoms with E-state index in [1.165, 1.54) is 19.1 Å². The number of rotatable bonds is 5. The summed E-state index contributed by atoms with van der Waals surface area (Å²) in [5.74, 6) is -1.18. The lowest BCUT2D eigenvalue weighted by Crippen LogP contribution is -2.25. The second-order valence-corrected chi connectivity index (χ2v) is 8.73. The number of halogens is 2. The van der Waals surface area contributed by atoms with Gasteiger partial charge in [0, 0.05) is 32.0 Å². The summed E-state index contributed by atoms with van der Waals surface area (Å²) < 4.78 is 32.8. The van der Waals surface area contributed by atoms with Crippen LogP contribution in [0.3, 0.4) is 0 Å². The lowest BCUT2D eigenvalue weighted by molar-refractivity contribution is -0.121. The molecule has 0 aliphatic carbocycles. The molecule has 0 saturated heterocycles. The normalized spacial score (nSPS) is 12.3. The monoisotopic (exact) mass is 521 g/mol. The SMILES string of the molecule is CC(=O)c1cc(C(=O)NCc2ccc3c(c2)CC(=O)CO3)nc2c(F)cnn12.Cc1cc(CN)ccc1F. The van der Waals surface area contributed by atoms with Gasteiger partial charge in [-0.05, 0) is 47.9 Å². The van der Waals surface area contributed by atoms with Gasteiger partial charge in [-0.25, -0.2) is 18.3 Å². The van der Waals surface area contributed by atoms with Crippen molar-refractivity contribution in [1.82, 2.24) is 19.9 Å². The molecule has 4 aromatic rings. The van der Waals surface area contributed by atoms with Crippen molar-refractivity contribution < 1.29 is 27.9 Å². The van der Waals surface area contributed by atoms with Crippen molar-refractivity contribution in [1.29, 1.82) is 0 Å². The van der Waals surface area contributed by atoms with Gasteiger partial charge in [0.1, 0.15) is 29.6 Å². The van der Waals surface area contributed by atoms with E-state index in [1.54, 1.807) is 37.3 Å². The van der Waals surface area contributed by atoms with Gasteiger partial charge < -0.3 is 15.8 Å². The zero-order valence-electron chi connectivity index (χ0n) is 20.8. The number of ketones is 2. The summed E-state index contributed by atoms with van der Waals surface area (Å²) >= 11 is 0. The molecule has 0 spiro atoms. The Balaban J connectivity index is 0.000000283. The smallest absolute Gasteiger partial charge is 0.270 e. The minimum Gasteiger partial charge on any atom is -0.486 e. The summed E-state index contributed by atoms with van der Waals surface area (Å²) in [6, 6.07) is 11.5. The highest BCUT2D eigenvalue weighted by Crippen LogP contribution is 2.24. The largest absolute Gasteiger partial charge is 0.486 e. The number of ether oxygens (including phenoxy) is 1. The van der Waals surface area contributed by atoms with Crippen molar-refractivity contribution in [2.75, 3.05) is 6.61 Å². The molecule has 3 heterocycles. The molecule has 9 nitrogen and oxygen atoms in total. The molecular weight excluding hydrogens is 496 g/mol. The molecule has 0 fully saturated rings. The summed E-state index contributed by atoms with van der Waals surface area (Å²) in [5, 5.41) is 6.45. The van der Waals surface area contributed by atoms with E-state index in [0.29, 0.717) is 17.9 Å². The number of hydrogen-bond donors (Lipinski definition) is 2. The molecule has 1 aliphatic rings. The zero-order chi connectivity index (χ0) is 27.4. The molecule has 38 heavy (non-hydrogen) atoms. The number of carbonyl (C=O) groups excluding carboxylic acids is 3. The minimum atomic E-state index is -0.725. The quantitative estimate of drug-likeness (QED) is 0.386. The van der Waals surface area contributed by atoms with E-state index in [-0.39, 0.29) is 54.0 Å². The Morgan fingerprint density at radius 3 is 2.58 bits per heavy atom. The van der Waals surface area contributed by atoms with Crippen LogP contribution in [0.25, 0.3) is 5.65 Å². The second-order valence-electron chi connectivity index (χ2n) is 8.73. The first-order chi connectivity index (χ1) is 18.2. The van der Waals surface area contributed by atoms with E-state index in [0.717, 1.165) is 27.4 Å². The Labute approximate surface area is 216 Å². The molecule has 0 unspecified atom stereocenters. The van der Waals surface area contributed by atoms with Gasteiger partial charge in [0.25, 0.3) is 5.91 Å². The first-order valence-corrected chi connectivity index (χ1v) is 11.7. The van der Waals surface area contributed by atoms with Gasteiger partial charge >= 0.3 is 0 Å². The second kappa shape index (κ2) is 11.3. The molecule has 0 radical (unpaired) electrons. The number of Topliss-reactive ketones (excluding diaryl/α,β-unsaturated/α-hetero) is 2. The van der Waals surface area contributed by atoms with Crippen LogP contribution in [-0.4, -0.2) is 38.7 Å². The number of nitrogens with one attached hydrogen (secondary N) is 1. The maximum Gasteiger partial charge on any atom is 0.270 e. The van der Waals surface area contributed by atoms with Crippen LogP contribution in [0.1, 0.15) is 50.2 Å². The van der Waals surface area contributed by atoms with E-state index in [1.807, 2.05) is 0 Å². The predicted octanol–water partition coefficient (Wildman–Crippen LogP) is 3.10. The van der Waals surface area contributed by atoms with E-state index < -0.39 is 11.7 Å². The Bertz CT molecular complexity index is 1550. The van der Waals surface area contributed by atoms with Crippen LogP contribution in [0, 0.1) is 18.6 Å². The molecular formula is C27H25F2N5O4. The summed E-state index contributed by atoms with van der Waals surface area (Å²) in [4.78, 5) is 39.8. The maximum atomic E-state index is 13.8. The number of nitrogens with two attached hydrogens (primary N) is 1. The summed E-state index contributed by atoms with van der Waals surface area (Å²) in [6.07, 6.45) is 1.23. The third kappa shape index (κ3) is 5.89. The van der Waals surface area contributed by atoms with Crippen molar-refractivity contribution in [3.05, 3.63) is 93.9 Å². The standard InChI is InChI=1S/C19H15FN4O4.C8H10FN/c1-10(25)16-6-15(23-18-14(20)8-22-24(16)18)19(27)21-7-11-2-3-17-12(4-11)5-13(26)9-28-17;1-6-4-7(5-10)2-3-8(6)9/h2-4,6,8H,5,7,9H2,1H3,(H,21,27);2-4H,5,10H2,1H3. The van der Waals surface area contributed by atoms with E-state index >= 15 is 0 Å². The fraction of sp³-hybridized carbons (Fsp3) is 0.222. The molecule has 3 N–H and O–H groups in total. The van der Waals surface area contributed by atoms with Gasteiger partial charge in [0.2, 0.25) is 0 Å². The number of fused-ring (bicyclic) bond motifs is 2. The number of benzene rings is 2.